The van der Waals surface area contributed by atoms with Gasteiger partial charge in [-0.3, -0.25) is 4.72 Å². The molecule has 0 spiro atoms. The van der Waals surface area contributed by atoms with Crippen LogP contribution >= 0.6 is 43.2 Å². The Morgan fingerprint density at radius 1 is 1.33 bits per heavy atom. The van der Waals surface area contributed by atoms with Crippen LogP contribution in [0.1, 0.15) is 10.4 Å². The number of thiophene rings is 1. The molecule has 0 atom stereocenters. The van der Waals surface area contributed by atoms with E-state index in [-0.39, 0.29) is 4.90 Å². The molecule has 0 aliphatic heterocycles. The summed E-state index contributed by atoms with van der Waals surface area (Å²) in [5.41, 5.74) is 0.906. The van der Waals surface area contributed by atoms with E-state index in [1.54, 1.807) is 18.3 Å². The number of hydrogen-bond donors (Lipinski definition) is 2. The second-order valence-corrected chi connectivity index (χ2v) is 9.27. The van der Waals surface area contributed by atoms with E-state index in [0.717, 1.165) is 14.9 Å². The Morgan fingerprint density at radius 3 is 2.67 bits per heavy atom. The van der Waals surface area contributed by atoms with Crippen molar-refractivity contribution in [2.24, 2.45) is 0 Å². The Kier molecular flexibility index (Phi) is 5.42. The highest BCUT2D eigenvalue weighted by atomic mass is 79.9. The zero-order valence-corrected chi connectivity index (χ0v) is 16.1. The quantitative estimate of drug-likeness (QED) is 0.725. The number of pyridine rings is 1. The molecular formula is C12H13Br2N3O2S2. The van der Waals surface area contributed by atoms with Gasteiger partial charge in [-0.05, 0) is 63.5 Å². The molecule has 0 fully saturated rings. The van der Waals surface area contributed by atoms with Gasteiger partial charge in [0.15, 0.2) is 0 Å². The van der Waals surface area contributed by atoms with Crippen LogP contribution in [-0.4, -0.2) is 20.4 Å². The fraction of sp³-hybridized carbons (Fsp3) is 0.250. The number of aromatic nitrogens is 1. The minimum Gasteiger partial charge on any atom is -0.315 e. The van der Waals surface area contributed by atoms with Crippen molar-refractivity contribution in [2.75, 3.05) is 11.8 Å². The fourth-order valence-corrected chi connectivity index (χ4v) is 5.54. The molecule has 9 heteroatoms. The predicted octanol–water partition coefficient (Wildman–Crippen LogP) is 3.50. The van der Waals surface area contributed by atoms with Gasteiger partial charge in [0.25, 0.3) is 10.0 Å². The number of hydrogen-bond acceptors (Lipinski definition) is 5. The summed E-state index contributed by atoms with van der Waals surface area (Å²) in [5.74, 6) is 0.295. The Bertz CT molecular complexity index is 760. The van der Waals surface area contributed by atoms with Gasteiger partial charge in [-0.2, -0.15) is 0 Å². The number of halogens is 2. The van der Waals surface area contributed by atoms with Gasteiger partial charge in [-0.25, -0.2) is 13.4 Å². The number of aryl methyl sites for hydroxylation is 1. The highest BCUT2D eigenvalue weighted by Gasteiger charge is 2.21. The first-order chi connectivity index (χ1) is 9.83. The van der Waals surface area contributed by atoms with Crippen LogP contribution in [0.3, 0.4) is 0 Å². The number of nitrogens with one attached hydrogen (secondary N) is 2. The molecule has 2 N–H and O–H groups in total. The largest absolute Gasteiger partial charge is 0.315 e. The van der Waals surface area contributed by atoms with Crippen LogP contribution in [0, 0.1) is 6.92 Å². The SMILES string of the molecule is CNCc1cc(S(=O)(=O)Nc2cc(C)c(Br)cn2)c(Br)s1. The minimum absolute atomic E-state index is 0.222. The average molecular weight is 455 g/mol. The van der Waals surface area contributed by atoms with E-state index in [1.807, 2.05) is 14.0 Å². The summed E-state index contributed by atoms with van der Waals surface area (Å²) in [7, 11) is -1.85. The number of anilines is 1. The van der Waals surface area contributed by atoms with E-state index < -0.39 is 10.0 Å². The van der Waals surface area contributed by atoms with Crippen LogP contribution in [0.15, 0.2) is 31.5 Å². The van der Waals surface area contributed by atoms with Crippen molar-refractivity contribution < 1.29 is 8.42 Å². The van der Waals surface area contributed by atoms with Crippen LogP contribution in [0.25, 0.3) is 0 Å². The Hall–Kier alpha value is -0.480. The second-order valence-electron chi connectivity index (χ2n) is 4.31. The summed E-state index contributed by atoms with van der Waals surface area (Å²) in [4.78, 5) is 5.22. The van der Waals surface area contributed by atoms with Crippen molar-refractivity contribution in [3.8, 4) is 0 Å². The van der Waals surface area contributed by atoms with E-state index in [1.165, 1.54) is 11.3 Å². The molecule has 2 aromatic heterocycles. The maximum absolute atomic E-state index is 12.4. The molecule has 0 aromatic carbocycles. The van der Waals surface area contributed by atoms with Crippen molar-refractivity contribution >= 4 is 59.0 Å². The number of rotatable bonds is 5. The lowest BCUT2D eigenvalue weighted by molar-refractivity contribution is 0.601. The summed E-state index contributed by atoms with van der Waals surface area (Å²) in [6.07, 6.45) is 1.57. The maximum atomic E-state index is 12.4. The molecular weight excluding hydrogens is 442 g/mol. The Labute approximate surface area is 144 Å². The summed E-state index contributed by atoms with van der Waals surface area (Å²) in [6, 6.07) is 3.33. The minimum atomic E-state index is -3.66. The highest BCUT2D eigenvalue weighted by Crippen LogP contribution is 2.32. The van der Waals surface area contributed by atoms with Crippen molar-refractivity contribution in [1.82, 2.24) is 10.3 Å². The summed E-state index contributed by atoms with van der Waals surface area (Å²) in [5, 5.41) is 3.00. The zero-order valence-electron chi connectivity index (χ0n) is 11.3. The van der Waals surface area contributed by atoms with E-state index in [2.05, 4.69) is 46.9 Å². The smallest absolute Gasteiger partial charge is 0.265 e. The molecule has 114 valence electrons. The van der Waals surface area contributed by atoms with Gasteiger partial charge in [0.05, 0.1) is 3.79 Å². The lowest BCUT2D eigenvalue weighted by Crippen LogP contribution is -2.14. The summed E-state index contributed by atoms with van der Waals surface area (Å²) >= 11 is 8.03. The molecule has 0 saturated heterocycles. The van der Waals surface area contributed by atoms with Crippen molar-refractivity contribution in [3.05, 3.63) is 37.0 Å². The molecule has 0 aliphatic rings. The van der Waals surface area contributed by atoms with Gasteiger partial charge in [0.2, 0.25) is 0 Å². The normalized spacial score (nSPS) is 11.6. The van der Waals surface area contributed by atoms with E-state index in [4.69, 9.17) is 0 Å². The van der Waals surface area contributed by atoms with Gasteiger partial charge in [-0.1, -0.05) is 0 Å². The van der Waals surface area contributed by atoms with Crippen LogP contribution in [0.4, 0.5) is 5.82 Å². The molecule has 0 amide bonds. The van der Waals surface area contributed by atoms with Gasteiger partial charge >= 0.3 is 0 Å². The van der Waals surface area contributed by atoms with Gasteiger partial charge < -0.3 is 5.32 Å². The topological polar surface area (TPSA) is 71.1 Å². The van der Waals surface area contributed by atoms with E-state index >= 15 is 0 Å². The third-order valence-corrected chi connectivity index (χ3v) is 7.07. The number of sulfonamides is 1. The van der Waals surface area contributed by atoms with E-state index in [0.29, 0.717) is 16.1 Å². The average Bonchev–Trinajstić information content (AvgIpc) is 2.76. The molecule has 5 nitrogen and oxygen atoms in total. The monoisotopic (exact) mass is 453 g/mol. The highest BCUT2D eigenvalue weighted by molar-refractivity contribution is 9.11. The van der Waals surface area contributed by atoms with Gasteiger partial charge in [0.1, 0.15) is 10.7 Å². The molecule has 0 bridgehead atoms. The maximum Gasteiger partial charge on any atom is 0.265 e. The molecule has 2 aromatic rings. The Morgan fingerprint density at radius 2 is 2.05 bits per heavy atom. The fourth-order valence-electron chi connectivity index (χ4n) is 1.63. The van der Waals surface area contributed by atoms with Crippen LogP contribution < -0.4 is 10.0 Å². The van der Waals surface area contributed by atoms with Gasteiger partial charge in [0, 0.05) is 22.1 Å². The first kappa shape index (κ1) is 16.9. The van der Waals surface area contributed by atoms with Gasteiger partial charge in [-0.15, -0.1) is 11.3 Å². The van der Waals surface area contributed by atoms with Crippen molar-refractivity contribution in [2.45, 2.75) is 18.4 Å². The lowest BCUT2D eigenvalue weighted by atomic mass is 10.3. The molecule has 0 saturated carbocycles. The van der Waals surface area contributed by atoms with Crippen LogP contribution in [0.2, 0.25) is 0 Å². The first-order valence-corrected chi connectivity index (χ1v) is 9.80. The Balaban J connectivity index is 2.31. The lowest BCUT2D eigenvalue weighted by Gasteiger charge is -2.07. The van der Waals surface area contributed by atoms with E-state index in [9.17, 15) is 8.42 Å². The molecule has 21 heavy (non-hydrogen) atoms. The molecule has 0 radical (unpaired) electrons. The van der Waals surface area contributed by atoms with Crippen LogP contribution in [0.5, 0.6) is 0 Å². The molecule has 0 unspecified atom stereocenters. The molecule has 2 heterocycles. The standard InChI is InChI=1S/C12H13Br2N3O2S2/c1-7-3-11(16-6-9(7)13)17-21(18,19)10-4-8(5-15-2)20-12(10)14/h3-4,6,15H,5H2,1-2H3,(H,16,17). The number of nitrogens with zero attached hydrogens (tertiary/aromatic N) is 1. The van der Waals surface area contributed by atoms with Crippen molar-refractivity contribution in [1.29, 1.82) is 0 Å². The second kappa shape index (κ2) is 6.74. The third-order valence-electron chi connectivity index (χ3n) is 2.63. The predicted molar refractivity (Wildman–Crippen MR) is 92.3 cm³/mol. The zero-order chi connectivity index (χ0) is 15.6. The third kappa shape index (κ3) is 4.04. The first-order valence-electron chi connectivity index (χ1n) is 5.91. The molecule has 0 aliphatic carbocycles. The summed E-state index contributed by atoms with van der Waals surface area (Å²) < 4.78 is 28.8. The van der Waals surface area contributed by atoms with Crippen molar-refractivity contribution in [3.63, 3.8) is 0 Å². The molecule has 2 rings (SSSR count). The van der Waals surface area contributed by atoms with Crippen LogP contribution in [-0.2, 0) is 16.6 Å². The summed E-state index contributed by atoms with van der Waals surface area (Å²) in [6.45, 7) is 2.49.